The first kappa shape index (κ1) is 24.2. The van der Waals surface area contributed by atoms with Gasteiger partial charge >= 0.3 is 0 Å². The van der Waals surface area contributed by atoms with Gasteiger partial charge in [-0.2, -0.15) is 0 Å². The minimum atomic E-state index is 0. The maximum atomic E-state index is 5.06. The highest BCUT2D eigenvalue weighted by Gasteiger charge is 2.39. The topological polar surface area (TPSA) is 34.1 Å². The van der Waals surface area contributed by atoms with Gasteiger partial charge in [0.15, 0.2) is 5.96 Å². The molecule has 0 aromatic rings. The summed E-state index contributed by atoms with van der Waals surface area (Å²) in [6, 6.07) is 0. The van der Waals surface area contributed by atoms with E-state index in [0.29, 0.717) is 11.3 Å². The summed E-state index contributed by atoms with van der Waals surface area (Å²) in [5.41, 5.74) is 0.596. The van der Waals surface area contributed by atoms with E-state index in [2.05, 4.69) is 40.8 Å². The van der Waals surface area contributed by atoms with Gasteiger partial charge in [0.05, 0.1) is 0 Å². The second-order valence-corrected chi connectivity index (χ2v) is 9.27. The Morgan fingerprint density at radius 2 is 1.64 bits per heavy atom. The van der Waals surface area contributed by atoms with Crippen LogP contribution >= 0.6 is 24.0 Å². The smallest absolute Gasteiger partial charge is 0.193 e. The lowest BCUT2D eigenvalue weighted by Gasteiger charge is -2.35. The fourth-order valence-electron chi connectivity index (χ4n) is 5.28. The molecule has 0 aromatic carbocycles. The Morgan fingerprint density at radius 1 is 0.964 bits per heavy atom. The van der Waals surface area contributed by atoms with Gasteiger partial charge in [0, 0.05) is 58.9 Å². The van der Waals surface area contributed by atoms with Crippen molar-refractivity contribution in [3.05, 3.63) is 0 Å². The number of hydrogen-bond acceptors (Lipinski definition) is 3. The van der Waals surface area contributed by atoms with E-state index in [1.54, 1.807) is 0 Å². The van der Waals surface area contributed by atoms with Crippen molar-refractivity contribution in [3.8, 4) is 0 Å². The predicted molar refractivity (Wildman–Crippen MR) is 131 cm³/mol. The van der Waals surface area contributed by atoms with E-state index in [9.17, 15) is 0 Å². The highest BCUT2D eigenvalue weighted by atomic mass is 127. The fraction of sp³-hybridized carbons (Fsp3) is 0.955. The average Bonchev–Trinajstić information content (AvgIpc) is 3.09. The van der Waals surface area contributed by atoms with E-state index in [4.69, 9.17) is 4.99 Å². The van der Waals surface area contributed by atoms with Crippen LogP contribution in [-0.4, -0.2) is 86.1 Å². The molecule has 2 saturated heterocycles. The molecule has 0 radical (unpaired) electrons. The molecule has 0 aromatic heterocycles. The number of nitrogens with one attached hydrogen (secondary N) is 1. The number of rotatable bonds is 6. The first-order valence-electron chi connectivity index (χ1n) is 11.6. The summed E-state index contributed by atoms with van der Waals surface area (Å²) in [4.78, 5) is 12.8. The maximum absolute atomic E-state index is 5.06. The van der Waals surface area contributed by atoms with Gasteiger partial charge in [0.1, 0.15) is 0 Å². The van der Waals surface area contributed by atoms with E-state index < -0.39 is 0 Å². The van der Waals surface area contributed by atoms with Crippen LogP contribution in [0.4, 0.5) is 0 Å². The standard InChI is InChI=1S/C22H43N5.HI/c1-4-23-21(27-12-11-22(19-27)9-7-6-8-10-22)24-17-20(3)18-26-15-13-25(5-2)14-16-26;/h20H,4-19H2,1-3H3,(H,23,24);1H. The normalized spacial score (nSPS) is 25.0. The molecule has 1 saturated carbocycles. The fourth-order valence-corrected chi connectivity index (χ4v) is 5.28. The van der Waals surface area contributed by atoms with Crippen molar-refractivity contribution in [1.82, 2.24) is 20.0 Å². The van der Waals surface area contributed by atoms with E-state index in [-0.39, 0.29) is 24.0 Å². The lowest BCUT2D eigenvalue weighted by molar-refractivity contribution is 0.125. The molecule has 0 bridgehead atoms. The third-order valence-corrected chi connectivity index (χ3v) is 7.02. The number of hydrogen-bond donors (Lipinski definition) is 1. The van der Waals surface area contributed by atoms with Crippen LogP contribution in [0.2, 0.25) is 0 Å². The molecule has 3 fully saturated rings. The Balaban J connectivity index is 0.00000280. The van der Waals surface area contributed by atoms with E-state index in [1.807, 2.05) is 0 Å². The molecular formula is C22H44IN5. The molecule has 3 rings (SSSR count). The van der Waals surface area contributed by atoms with Crippen molar-refractivity contribution < 1.29 is 0 Å². The Labute approximate surface area is 190 Å². The first-order valence-corrected chi connectivity index (χ1v) is 11.6. The molecule has 2 heterocycles. The summed E-state index contributed by atoms with van der Waals surface area (Å²) in [5, 5.41) is 3.57. The zero-order chi connectivity index (χ0) is 19.1. The van der Waals surface area contributed by atoms with Gasteiger partial charge in [-0.15, -0.1) is 24.0 Å². The Morgan fingerprint density at radius 3 is 2.29 bits per heavy atom. The minimum absolute atomic E-state index is 0. The molecule has 6 heteroatoms. The average molecular weight is 506 g/mol. The molecule has 2 aliphatic heterocycles. The van der Waals surface area contributed by atoms with Gasteiger partial charge in [-0.3, -0.25) is 4.99 Å². The second kappa shape index (κ2) is 11.9. The molecule has 1 atom stereocenters. The van der Waals surface area contributed by atoms with Crippen molar-refractivity contribution in [3.63, 3.8) is 0 Å². The minimum Gasteiger partial charge on any atom is -0.357 e. The summed E-state index contributed by atoms with van der Waals surface area (Å²) in [6.07, 6.45) is 8.55. The highest BCUT2D eigenvalue weighted by molar-refractivity contribution is 14.0. The number of nitrogens with zero attached hydrogens (tertiary/aromatic N) is 4. The molecule has 28 heavy (non-hydrogen) atoms. The number of halogens is 1. The van der Waals surface area contributed by atoms with Crippen molar-refractivity contribution in [2.24, 2.45) is 16.3 Å². The highest BCUT2D eigenvalue weighted by Crippen LogP contribution is 2.43. The number of piperazine rings is 1. The molecule has 5 nitrogen and oxygen atoms in total. The first-order chi connectivity index (χ1) is 13.1. The van der Waals surface area contributed by atoms with Crippen LogP contribution in [0, 0.1) is 11.3 Å². The van der Waals surface area contributed by atoms with Crippen molar-refractivity contribution in [2.75, 3.05) is 65.4 Å². The van der Waals surface area contributed by atoms with Crippen LogP contribution in [0.25, 0.3) is 0 Å². The van der Waals surface area contributed by atoms with Crippen LogP contribution < -0.4 is 5.32 Å². The Hall–Kier alpha value is -0.0800. The van der Waals surface area contributed by atoms with Crippen molar-refractivity contribution in [1.29, 1.82) is 0 Å². The largest absolute Gasteiger partial charge is 0.357 e. The summed E-state index contributed by atoms with van der Waals surface area (Å²) in [6.45, 7) is 18.4. The molecule has 3 aliphatic rings. The molecule has 1 spiro atoms. The third kappa shape index (κ3) is 6.73. The summed E-state index contributed by atoms with van der Waals surface area (Å²) >= 11 is 0. The second-order valence-electron chi connectivity index (χ2n) is 9.27. The number of aliphatic imine (C=N–C) groups is 1. The van der Waals surface area contributed by atoms with Gasteiger partial charge in [-0.1, -0.05) is 33.1 Å². The molecule has 1 aliphatic carbocycles. The summed E-state index contributed by atoms with van der Waals surface area (Å²) in [7, 11) is 0. The maximum Gasteiger partial charge on any atom is 0.193 e. The van der Waals surface area contributed by atoms with Gasteiger partial charge < -0.3 is 20.0 Å². The van der Waals surface area contributed by atoms with Crippen molar-refractivity contribution >= 4 is 29.9 Å². The quantitative estimate of drug-likeness (QED) is 0.341. The van der Waals surface area contributed by atoms with E-state index >= 15 is 0 Å². The lowest BCUT2D eigenvalue weighted by atomic mass is 9.73. The third-order valence-electron chi connectivity index (χ3n) is 7.02. The molecule has 164 valence electrons. The van der Waals surface area contributed by atoms with E-state index in [1.165, 1.54) is 96.8 Å². The Kier molecular flexibility index (Phi) is 10.3. The molecular weight excluding hydrogens is 461 g/mol. The van der Waals surface area contributed by atoms with Gasteiger partial charge in [0.25, 0.3) is 0 Å². The molecule has 1 unspecified atom stereocenters. The van der Waals surface area contributed by atoms with Crippen LogP contribution in [0.5, 0.6) is 0 Å². The van der Waals surface area contributed by atoms with Gasteiger partial charge in [-0.25, -0.2) is 0 Å². The number of likely N-dealkylation sites (N-methyl/N-ethyl adjacent to an activating group) is 1. The molecule has 1 N–H and O–H groups in total. The van der Waals surface area contributed by atoms with Gasteiger partial charge in [0.2, 0.25) is 0 Å². The van der Waals surface area contributed by atoms with Gasteiger partial charge in [-0.05, 0) is 44.1 Å². The monoisotopic (exact) mass is 505 g/mol. The van der Waals surface area contributed by atoms with Crippen LogP contribution in [0.15, 0.2) is 4.99 Å². The van der Waals surface area contributed by atoms with E-state index in [0.717, 1.165) is 13.1 Å². The molecule has 0 amide bonds. The van der Waals surface area contributed by atoms with Crippen molar-refractivity contribution in [2.45, 2.75) is 59.3 Å². The SMILES string of the molecule is CCNC(=NCC(C)CN1CCN(CC)CC1)N1CCC2(CCCCC2)C1.I. The summed E-state index contributed by atoms with van der Waals surface area (Å²) < 4.78 is 0. The number of likely N-dealkylation sites (tertiary alicyclic amines) is 1. The van der Waals surface area contributed by atoms with Crippen LogP contribution in [-0.2, 0) is 0 Å². The lowest BCUT2D eigenvalue weighted by Crippen LogP contribution is -2.47. The zero-order valence-corrected chi connectivity index (χ0v) is 20.9. The predicted octanol–water partition coefficient (Wildman–Crippen LogP) is 3.50. The van der Waals surface area contributed by atoms with Crippen LogP contribution in [0.1, 0.15) is 59.3 Å². The van der Waals surface area contributed by atoms with Crippen LogP contribution in [0.3, 0.4) is 0 Å². The Bertz CT molecular complexity index is 470. The number of guanidine groups is 1. The summed E-state index contributed by atoms with van der Waals surface area (Å²) in [5.74, 6) is 1.79. The zero-order valence-electron chi connectivity index (χ0n) is 18.6.